The zero-order valence-corrected chi connectivity index (χ0v) is 15.4. The largest absolute Gasteiger partial charge is 0.378 e. The summed E-state index contributed by atoms with van der Waals surface area (Å²) in [6.07, 6.45) is 3.76. The molecular weight excluding hydrogens is 342 g/mol. The van der Waals surface area contributed by atoms with Crippen molar-refractivity contribution in [1.82, 2.24) is 0 Å². The fourth-order valence-electron chi connectivity index (χ4n) is 3.91. The lowest BCUT2D eigenvalue weighted by Crippen LogP contribution is -2.30. The molecule has 3 aromatic carbocycles. The van der Waals surface area contributed by atoms with Gasteiger partial charge in [-0.2, -0.15) is 0 Å². The van der Waals surface area contributed by atoms with Crippen molar-refractivity contribution in [3.63, 3.8) is 0 Å². The number of Topliss-reactive ketones (excluding diaryl/α,β-unsaturated/α-hetero) is 1. The second kappa shape index (κ2) is 7.51. The third-order valence-corrected chi connectivity index (χ3v) is 5.56. The molecule has 1 aliphatic rings. The van der Waals surface area contributed by atoms with Crippen LogP contribution in [0.2, 0.25) is 5.02 Å². The Balaban J connectivity index is 1.72. The van der Waals surface area contributed by atoms with Gasteiger partial charge in [0.1, 0.15) is 5.78 Å². The van der Waals surface area contributed by atoms with E-state index in [-0.39, 0.29) is 12.0 Å². The zero-order valence-electron chi connectivity index (χ0n) is 14.6. The number of fused-ring (bicyclic) bond motifs is 1. The Morgan fingerprint density at radius 2 is 1.69 bits per heavy atom. The number of ketones is 1. The lowest BCUT2D eigenvalue weighted by Gasteiger charge is -2.31. The van der Waals surface area contributed by atoms with Crippen molar-refractivity contribution in [2.24, 2.45) is 5.92 Å². The summed E-state index contributed by atoms with van der Waals surface area (Å²) in [6.45, 7) is 0. The summed E-state index contributed by atoms with van der Waals surface area (Å²) in [4.78, 5) is 12.7. The van der Waals surface area contributed by atoms with Crippen LogP contribution < -0.4 is 5.32 Å². The van der Waals surface area contributed by atoms with Gasteiger partial charge in [0.2, 0.25) is 0 Å². The van der Waals surface area contributed by atoms with Gasteiger partial charge in [0.15, 0.2) is 0 Å². The van der Waals surface area contributed by atoms with Gasteiger partial charge < -0.3 is 5.32 Å². The molecule has 3 heteroatoms. The molecule has 132 valence electrons. The van der Waals surface area contributed by atoms with Gasteiger partial charge in [0, 0.05) is 23.0 Å². The summed E-state index contributed by atoms with van der Waals surface area (Å²) >= 11 is 6.02. The molecule has 0 bridgehead atoms. The van der Waals surface area contributed by atoms with Crippen molar-refractivity contribution in [2.45, 2.75) is 31.7 Å². The van der Waals surface area contributed by atoms with E-state index in [2.05, 4.69) is 47.8 Å². The number of benzene rings is 3. The summed E-state index contributed by atoms with van der Waals surface area (Å²) in [5, 5.41) is 6.75. The van der Waals surface area contributed by atoms with Gasteiger partial charge in [-0.1, -0.05) is 54.4 Å². The van der Waals surface area contributed by atoms with Crippen LogP contribution in [-0.4, -0.2) is 5.78 Å². The first-order valence-corrected chi connectivity index (χ1v) is 9.62. The standard InChI is InChI=1S/C23H22ClNO/c24-19-11-13-20(14-12-19)25-23(21-7-3-4-8-22(21)26)18-10-9-16-5-1-2-6-17(16)15-18/h1-2,5-6,9-15,21,23,25H,3-4,7-8H2/t21-,23+/m0/s1. The van der Waals surface area contributed by atoms with E-state index in [0.29, 0.717) is 17.2 Å². The molecule has 0 unspecified atom stereocenters. The predicted molar refractivity (Wildman–Crippen MR) is 109 cm³/mol. The third kappa shape index (κ3) is 3.61. The molecule has 0 aliphatic heterocycles. The summed E-state index contributed by atoms with van der Waals surface area (Å²) in [7, 11) is 0. The molecule has 0 aromatic heterocycles. The highest BCUT2D eigenvalue weighted by Crippen LogP contribution is 2.36. The maximum absolute atomic E-state index is 12.7. The number of halogens is 1. The Hall–Kier alpha value is -2.32. The van der Waals surface area contributed by atoms with Crippen LogP contribution in [-0.2, 0) is 4.79 Å². The summed E-state index contributed by atoms with van der Waals surface area (Å²) in [5.74, 6) is 0.386. The van der Waals surface area contributed by atoms with E-state index in [4.69, 9.17) is 11.6 Å². The minimum Gasteiger partial charge on any atom is -0.378 e. The number of rotatable bonds is 4. The van der Waals surface area contributed by atoms with E-state index in [0.717, 1.165) is 24.9 Å². The molecule has 0 heterocycles. The van der Waals surface area contributed by atoms with Crippen LogP contribution >= 0.6 is 11.6 Å². The van der Waals surface area contributed by atoms with E-state index in [1.807, 2.05) is 24.3 Å². The minimum atomic E-state index is -0.0198. The van der Waals surface area contributed by atoms with Crippen LogP contribution in [0.25, 0.3) is 10.8 Å². The van der Waals surface area contributed by atoms with Gasteiger partial charge in [0.05, 0.1) is 6.04 Å². The first kappa shape index (κ1) is 17.1. The lowest BCUT2D eigenvalue weighted by molar-refractivity contribution is -0.125. The average molecular weight is 364 g/mol. The molecule has 0 saturated heterocycles. The van der Waals surface area contributed by atoms with Crippen LogP contribution in [0.1, 0.15) is 37.3 Å². The molecule has 1 saturated carbocycles. The van der Waals surface area contributed by atoms with Gasteiger partial charge in [-0.15, -0.1) is 0 Å². The Kier molecular flexibility index (Phi) is 4.94. The first-order valence-electron chi connectivity index (χ1n) is 9.24. The number of hydrogen-bond acceptors (Lipinski definition) is 2. The highest BCUT2D eigenvalue weighted by Gasteiger charge is 2.31. The maximum atomic E-state index is 12.7. The fourth-order valence-corrected chi connectivity index (χ4v) is 4.03. The molecule has 0 amide bonds. The second-order valence-corrected chi connectivity index (χ2v) is 7.49. The first-order chi connectivity index (χ1) is 12.7. The van der Waals surface area contributed by atoms with E-state index in [9.17, 15) is 4.79 Å². The van der Waals surface area contributed by atoms with E-state index in [1.165, 1.54) is 16.3 Å². The number of carbonyl (C=O) groups is 1. The maximum Gasteiger partial charge on any atom is 0.138 e. The van der Waals surface area contributed by atoms with Crippen molar-refractivity contribution >= 4 is 33.8 Å². The van der Waals surface area contributed by atoms with Gasteiger partial charge in [-0.3, -0.25) is 4.79 Å². The number of anilines is 1. The van der Waals surface area contributed by atoms with E-state index in [1.54, 1.807) is 0 Å². The number of hydrogen-bond donors (Lipinski definition) is 1. The Bertz CT molecular complexity index is 919. The molecule has 26 heavy (non-hydrogen) atoms. The molecular formula is C23H22ClNO. The summed E-state index contributed by atoms with van der Waals surface area (Å²) in [5.41, 5.74) is 2.16. The number of nitrogens with one attached hydrogen (secondary N) is 1. The van der Waals surface area contributed by atoms with Gasteiger partial charge in [0.25, 0.3) is 0 Å². The molecule has 0 radical (unpaired) electrons. The zero-order chi connectivity index (χ0) is 17.9. The summed E-state index contributed by atoms with van der Waals surface area (Å²) < 4.78 is 0. The van der Waals surface area contributed by atoms with Crippen molar-refractivity contribution < 1.29 is 4.79 Å². The lowest BCUT2D eigenvalue weighted by atomic mass is 9.79. The van der Waals surface area contributed by atoms with E-state index < -0.39 is 0 Å². The van der Waals surface area contributed by atoms with Gasteiger partial charge >= 0.3 is 0 Å². The van der Waals surface area contributed by atoms with Crippen molar-refractivity contribution in [3.05, 3.63) is 77.3 Å². The van der Waals surface area contributed by atoms with Gasteiger partial charge in [-0.25, -0.2) is 0 Å². The van der Waals surface area contributed by atoms with Crippen molar-refractivity contribution in [3.8, 4) is 0 Å². The fraction of sp³-hybridized carbons (Fsp3) is 0.261. The molecule has 2 nitrogen and oxygen atoms in total. The Morgan fingerprint density at radius 3 is 2.46 bits per heavy atom. The Morgan fingerprint density at radius 1 is 0.923 bits per heavy atom. The summed E-state index contributed by atoms with van der Waals surface area (Å²) in [6, 6.07) is 22.6. The Labute approximate surface area is 159 Å². The second-order valence-electron chi connectivity index (χ2n) is 7.05. The predicted octanol–water partition coefficient (Wildman–Crippen LogP) is 6.41. The van der Waals surface area contributed by atoms with Crippen molar-refractivity contribution in [2.75, 3.05) is 5.32 Å². The highest BCUT2D eigenvalue weighted by atomic mass is 35.5. The molecule has 3 aromatic rings. The van der Waals surface area contributed by atoms with E-state index >= 15 is 0 Å². The highest BCUT2D eigenvalue weighted by molar-refractivity contribution is 6.30. The quantitative estimate of drug-likeness (QED) is 0.580. The molecule has 4 rings (SSSR count). The average Bonchev–Trinajstić information content (AvgIpc) is 2.68. The molecule has 0 spiro atoms. The molecule has 1 fully saturated rings. The van der Waals surface area contributed by atoms with Crippen LogP contribution in [0.4, 0.5) is 5.69 Å². The SMILES string of the molecule is O=C1CCCC[C@@H]1[C@H](Nc1ccc(Cl)cc1)c1ccc2ccccc2c1. The molecule has 1 aliphatic carbocycles. The van der Waals surface area contributed by atoms with Crippen LogP contribution in [0.15, 0.2) is 66.7 Å². The number of carbonyl (C=O) groups excluding carboxylic acids is 1. The topological polar surface area (TPSA) is 29.1 Å². The van der Waals surface area contributed by atoms with Crippen molar-refractivity contribution in [1.29, 1.82) is 0 Å². The molecule has 1 N–H and O–H groups in total. The van der Waals surface area contributed by atoms with Crippen LogP contribution in [0, 0.1) is 5.92 Å². The normalized spacial score (nSPS) is 18.7. The minimum absolute atomic E-state index is 0.0144. The van der Waals surface area contributed by atoms with Crippen LogP contribution in [0.5, 0.6) is 0 Å². The van der Waals surface area contributed by atoms with Crippen LogP contribution in [0.3, 0.4) is 0 Å². The smallest absolute Gasteiger partial charge is 0.138 e. The monoisotopic (exact) mass is 363 g/mol. The van der Waals surface area contributed by atoms with Gasteiger partial charge in [-0.05, 0) is 59.5 Å². The molecule has 2 atom stereocenters. The third-order valence-electron chi connectivity index (χ3n) is 5.30.